The number of halogens is 2. The summed E-state index contributed by atoms with van der Waals surface area (Å²) in [5.74, 6) is -4.54. The van der Waals surface area contributed by atoms with Crippen LogP contribution in [0.1, 0.15) is 22.8 Å². The summed E-state index contributed by atoms with van der Waals surface area (Å²) in [6, 6.07) is 18.1. The van der Waals surface area contributed by atoms with Crippen LogP contribution < -0.4 is 14.2 Å². The minimum Gasteiger partial charge on any atom is -0.493 e. The van der Waals surface area contributed by atoms with Crippen molar-refractivity contribution in [1.82, 2.24) is 0 Å². The molecular formula is C28H29F2O7. The monoisotopic (exact) mass is 515 g/mol. The number of hydrogen-bond donors (Lipinski definition) is 0. The molecular weight excluding hydrogens is 486 g/mol. The Morgan fingerprint density at radius 1 is 0.730 bits per heavy atom. The van der Waals surface area contributed by atoms with E-state index in [0.717, 1.165) is 13.5 Å². The van der Waals surface area contributed by atoms with Crippen LogP contribution >= 0.6 is 0 Å². The first-order valence-corrected chi connectivity index (χ1v) is 11.5. The average Bonchev–Trinajstić information content (AvgIpc) is 2.92. The van der Waals surface area contributed by atoms with Gasteiger partial charge < -0.3 is 28.4 Å². The second-order valence-electron chi connectivity index (χ2n) is 7.70. The van der Waals surface area contributed by atoms with Gasteiger partial charge in [-0.1, -0.05) is 60.7 Å². The van der Waals surface area contributed by atoms with Crippen molar-refractivity contribution in [1.29, 1.82) is 0 Å². The summed E-state index contributed by atoms with van der Waals surface area (Å²) in [5, 5.41) is 0. The van der Waals surface area contributed by atoms with Crippen LogP contribution in [0.5, 0.6) is 17.2 Å². The van der Waals surface area contributed by atoms with E-state index in [2.05, 4.69) is 0 Å². The molecule has 0 aliphatic heterocycles. The molecule has 0 spiro atoms. The van der Waals surface area contributed by atoms with Gasteiger partial charge in [-0.3, -0.25) is 4.79 Å². The fraction of sp³-hybridized carbons (Fsp3) is 0.286. The molecule has 0 aliphatic rings. The Kier molecular flexibility index (Phi) is 10.7. The highest BCUT2D eigenvalue weighted by Crippen LogP contribution is 2.43. The van der Waals surface area contributed by atoms with E-state index < -0.39 is 46.5 Å². The summed E-state index contributed by atoms with van der Waals surface area (Å²) >= 11 is 0. The van der Waals surface area contributed by atoms with Gasteiger partial charge in [-0.05, 0) is 11.1 Å². The minimum atomic E-state index is -1.05. The predicted octanol–water partition coefficient (Wildman–Crippen LogP) is 4.91. The summed E-state index contributed by atoms with van der Waals surface area (Å²) in [5.41, 5.74) is 0.940. The second-order valence-corrected chi connectivity index (χ2v) is 7.70. The van der Waals surface area contributed by atoms with Gasteiger partial charge in [-0.25, -0.2) is 4.39 Å². The molecule has 0 aromatic heterocycles. The molecule has 0 fully saturated rings. The zero-order valence-corrected chi connectivity index (χ0v) is 20.9. The maximum absolute atomic E-state index is 15.7. The summed E-state index contributed by atoms with van der Waals surface area (Å²) in [6.45, 7) is 0.0777. The first-order chi connectivity index (χ1) is 18.0. The van der Waals surface area contributed by atoms with E-state index in [-0.39, 0.29) is 26.4 Å². The van der Waals surface area contributed by atoms with Crippen LogP contribution in [0.2, 0.25) is 0 Å². The molecule has 0 N–H and O–H groups in total. The van der Waals surface area contributed by atoms with E-state index in [1.807, 2.05) is 36.4 Å². The van der Waals surface area contributed by atoms with Gasteiger partial charge in [-0.15, -0.1) is 0 Å². The van der Waals surface area contributed by atoms with Crippen molar-refractivity contribution >= 4 is 5.97 Å². The lowest BCUT2D eigenvalue weighted by atomic mass is 10.0. The maximum atomic E-state index is 15.7. The van der Waals surface area contributed by atoms with Gasteiger partial charge in [0, 0.05) is 14.2 Å². The molecule has 0 heterocycles. The first kappa shape index (κ1) is 27.9. The molecule has 3 rings (SSSR count). The predicted molar refractivity (Wildman–Crippen MR) is 132 cm³/mol. The lowest BCUT2D eigenvalue weighted by molar-refractivity contribution is -0.142. The highest BCUT2D eigenvalue weighted by molar-refractivity contribution is 5.85. The van der Waals surface area contributed by atoms with E-state index in [9.17, 15) is 4.79 Å². The van der Waals surface area contributed by atoms with Gasteiger partial charge in [0.05, 0.1) is 25.9 Å². The van der Waals surface area contributed by atoms with Gasteiger partial charge >= 0.3 is 5.97 Å². The van der Waals surface area contributed by atoms with Crippen molar-refractivity contribution in [2.45, 2.75) is 6.10 Å². The normalized spacial score (nSPS) is 10.9. The van der Waals surface area contributed by atoms with Crippen LogP contribution in [0, 0.1) is 18.1 Å². The molecule has 1 radical (unpaired) electrons. The van der Waals surface area contributed by atoms with Gasteiger partial charge in [0.25, 0.3) is 0 Å². The molecule has 0 bridgehead atoms. The van der Waals surface area contributed by atoms with Crippen molar-refractivity contribution in [2.75, 3.05) is 47.8 Å². The van der Waals surface area contributed by atoms with Gasteiger partial charge in [-0.2, -0.15) is 4.39 Å². The summed E-state index contributed by atoms with van der Waals surface area (Å²) in [6.07, 6.45) is 0.0530. The SMILES string of the molecule is COCCOc1c(F)c([CH]C(=O)OC(c2ccccc2)c2ccccc2)c(OC)c(F)c1OCCOC. The van der Waals surface area contributed by atoms with Crippen molar-refractivity contribution in [3.05, 3.63) is 95.4 Å². The number of ether oxygens (including phenoxy) is 6. The Morgan fingerprint density at radius 2 is 1.22 bits per heavy atom. The molecule has 0 aliphatic carbocycles. The largest absolute Gasteiger partial charge is 0.493 e. The van der Waals surface area contributed by atoms with E-state index in [1.54, 1.807) is 24.3 Å². The second kappa shape index (κ2) is 14.2. The Labute approximate surface area is 214 Å². The molecule has 3 aromatic rings. The highest BCUT2D eigenvalue weighted by Gasteiger charge is 2.31. The van der Waals surface area contributed by atoms with Crippen LogP contribution in [-0.2, 0) is 19.0 Å². The number of rotatable bonds is 14. The third-order valence-electron chi connectivity index (χ3n) is 5.26. The number of methoxy groups -OCH3 is 3. The zero-order valence-electron chi connectivity index (χ0n) is 20.9. The quantitative estimate of drug-likeness (QED) is 0.223. The van der Waals surface area contributed by atoms with Crippen LogP contribution in [0.4, 0.5) is 8.78 Å². The third-order valence-corrected chi connectivity index (χ3v) is 5.26. The maximum Gasteiger partial charge on any atom is 0.315 e. The van der Waals surface area contributed by atoms with Crippen molar-refractivity contribution in [3.8, 4) is 17.2 Å². The molecule has 37 heavy (non-hydrogen) atoms. The fourth-order valence-electron chi connectivity index (χ4n) is 3.54. The Morgan fingerprint density at radius 3 is 1.68 bits per heavy atom. The number of hydrogen-bond acceptors (Lipinski definition) is 7. The van der Waals surface area contributed by atoms with E-state index in [1.165, 1.54) is 14.2 Å². The topological polar surface area (TPSA) is 72.5 Å². The number of esters is 1. The Hall–Kier alpha value is -3.69. The highest BCUT2D eigenvalue weighted by atomic mass is 19.1. The number of carbonyl (C=O) groups excluding carboxylic acids is 1. The molecule has 0 atom stereocenters. The summed E-state index contributed by atoms with van der Waals surface area (Å²) in [4.78, 5) is 13.0. The van der Waals surface area contributed by atoms with Gasteiger partial charge in [0.1, 0.15) is 19.6 Å². The molecule has 197 valence electrons. The fourth-order valence-corrected chi connectivity index (χ4v) is 3.54. The average molecular weight is 516 g/mol. The van der Waals surface area contributed by atoms with E-state index in [0.29, 0.717) is 11.1 Å². The van der Waals surface area contributed by atoms with Gasteiger partial charge in [0.2, 0.25) is 17.3 Å². The van der Waals surface area contributed by atoms with Gasteiger partial charge in [0.15, 0.2) is 17.7 Å². The molecule has 3 aromatic carbocycles. The standard InChI is InChI=1S/C28H29F2O7/c1-32-14-16-35-27-23(29)21(26(34-3)24(30)28(27)36-17-15-33-2)18-22(31)37-25(19-10-6-4-7-11-19)20-12-8-5-9-13-20/h4-13,18,25H,14-17H2,1-3H3. The van der Waals surface area contributed by atoms with Crippen molar-refractivity contribution in [2.24, 2.45) is 0 Å². The molecule has 0 saturated heterocycles. The number of carbonyl (C=O) groups is 1. The van der Waals surface area contributed by atoms with Crippen LogP contribution in [0.25, 0.3) is 0 Å². The van der Waals surface area contributed by atoms with Crippen molar-refractivity contribution < 1.29 is 42.0 Å². The molecule has 7 nitrogen and oxygen atoms in total. The lowest BCUT2D eigenvalue weighted by Gasteiger charge is -2.21. The van der Waals surface area contributed by atoms with E-state index >= 15 is 8.78 Å². The molecule has 0 unspecified atom stereocenters. The minimum absolute atomic E-state index is 0.0718. The van der Waals surface area contributed by atoms with Crippen LogP contribution in [0.15, 0.2) is 60.7 Å². The Balaban J connectivity index is 1.95. The summed E-state index contributed by atoms with van der Waals surface area (Å²) < 4.78 is 62.6. The first-order valence-electron chi connectivity index (χ1n) is 11.5. The molecule has 0 saturated carbocycles. The van der Waals surface area contributed by atoms with Crippen molar-refractivity contribution in [3.63, 3.8) is 0 Å². The Bertz CT molecular complexity index is 1100. The smallest absolute Gasteiger partial charge is 0.315 e. The third kappa shape index (κ3) is 7.18. The van der Waals surface area contributed by atoms with Crippen LogP contribution in [-0.4, -0.2) is 53.7 Å². The zero-order chi connectivity index (χ0) is 26.6. The molecule has 0 amide bonds. The van der Waals surface area contributed by atoms with Crippen LogP contribution in [0.3, 0.4) is 0 Å². The molecule has 9 heteroatoms. The summed E-state index contributed by atoms with van der Waals surface area (Å²) in [7, 11) is 4.04. The number of benzene rings is 3. The van der Waals surface area contributed by atoms with E-state index in [4.69, 9.17) is 28.4 Å². The lowest BCUT2D eigenvalue weighted by Crippen LogP contribution is -2.16.